The van der Waals surface area contributed by atoms with Crippen molar-refractivity contribution in [1.29, 1.82) is 0 Å². The number of nitrogens with one attached hydrogen (secondary N) is 2. The summed E-state index contributed by atoms with van der Waals surface area (Å²) in [5.41, 5.74) is 2.07. The van der Waals surface area contributed by atoms with E-state index in [0.29, 0.717) is 35.3 Å². The summed E-state index contributed by atoms with van der Waals surface area (Å²) >= 11 is 0. The van der Waals surface area contributed by atoms with E-state index in [-0.39, 0.29) is 5.56 Å². The Morgan fingerprint density at radius 3 is 2.64 bits per heavy atom. The van der Waals surface area contributed by atoms with Crippen LogP contribution < -0.4 is 20.3 Å². The Balaban J connectivity index is 1.61. The Kier molecular flexibility index (Phi) is 4.67. The largest absolute Gasteiger partial charge is 0.497 e. The fourth-order valence-electron chi connectivity index (χ4n) is 2.88. The van der Waals surface area contributed by atoms with Gasteiger partial charge in [-0.1, -0.05) is 30.3 Å². The van der Waals surface area contributed by atoms with Crippen molar-refractivity contribution in [3.63, 3.8) is 0 Å². The lowest BCUT2D eigenvalue weighted by atomic mass is 10.2. The first-order valence-corrected chi connectivity index (χ1v) is 8.68. The second kappa shape index (κ2) is 7.43. The summed E-state index contributed by atoms with van der Waals surface area (Å²) in [7, 11) is 3.19. The molecule has 0 amide bonds. The van der Waals surface area contributed by atoms with Gasteiger partial charge in [0.2, 0.25) is 5.78 Å². The normalized spacial score (nSPS) is 10.8. The first-order valence-electron chi connectivity index (χ1n) is 8.68. The monoisotopic (exact) mass is 377 g/mol. The van der Waals surface area contributed by atoms with Crippen molar-refractivity contribution in [3.05, 3.63) is 70.6 Å². The molecule has 2 heterocycles. The number of benzene rings is 2. The molecule has 8 nitrogen and oxygen atoms in total. The van der Waals surface area contributed by atoms with E-state index in [0.717, 1.165) is 11.3 Å². The number of aromatic amines is 1. The van der Waals surface area contributed by atoms with Gasteiger partial charge in [0.15, 0.2) is 5.82 Å². The lowest BCUT2D eigenvalue weighted by molar-refractivity contribution is 0.395. The quantitative estimate of drug-likeness (QED) is 0.537. The molecule has 0 spiro atoms. The molecule has 0 aliphatic carbocycles. The number of anilines is 1. The van der Waals surface area contributed by atoms with Gasteiger partial charge in [-0.05, 0) is 12.1 Å². The zero-order valence-electron chi connectivity index (χ0n) is 15.5. The Bertz CT molecular complexity index is 1170. The number of methoxy groups -OCH3 is 2. The highest BCUT2D eigenvalue weighted by molar-refractivity contribution is 5.59. The molecule has 0 aliphatic rings. The van der Waals surface area contributed by atoms with Gasteiger partial charge in [-0.25, -0.2) is 0 Å². The number of H-pyrrole nitrogens is 1. The Morgan fingerprint density at radius 2 is 1.89 bits per heavy atom. The number of fused-ring (bicyclic) bond motifs is 1. The molecular weight excluding hydrogens is 358 g/mol. The summed E-state index contributed by atoms with van der Waals surface area (Å²) in [5, 5.41) is 7.55. The summed E-state index contributed by atoms with van der Waals surface area (Å²) in [6, 6.07) is 16.5. The molecule has 28 heavy (non-hydrogen) atoms. The minimum Gasteiger partial charge on any atom is -0.497 e. The zero-order valence-corrected chi connectivity index (χ0v) is 15.5. The second-order valence-corrected chi connectivity index (χ2v) is 6.09. The van der Waals surface area contributed by atoms with Gasteiger partial charge in [0.05, 0.1) is 26.5 Å². The summed E-state index contributed by atoms with van der Waals surface area (Å²) in [4.78, 5) is 20.0. The van der Waals surface area contributed by atoms with E-state index in [1.807, 2.05) is 42.5 Å². The highest BCUT2D eigenvalue weighted by Crippen LogP contribution is 2.29. The van der Waals surface area contributed by atoms with Crippen LogP contribution in [0.25, 0.3) is 17.2 Å². The molecule has 8 heteroatoms. The Morgan fingerprint density at radius 1 is 1.07 bits per heavy atom. The van der Waals surface area contributed by atoms with Crippen LogP contribution in [0.5, 0.6) is 11.5 Å². The van der Waals surface area contributed by atoms with Crippen LogP contribution in [-0.2, 0) is 6.54 Å². The van der Waals surface area contributed by atoms with Crippen molar-refractivity contribution in [3.8, 4) is 22.9 Å². The molecule has 0 radical (unpaired) electrons. The maximum atomic E-state index is 12.4. The van der Waals surface area contributed by atoms with Crippen LogP contribution in [0, 0.1) is 0 Å². The van der Waals surface area contributed by atoms with Crippen molar-refractivity contribution in [2.75, 3.05) is 19.5 Å². The molecule has 2 aromatic heterocycles. The minimum atomic E-state index is -0.248. The number of nitrogens with zero attached hydrogens (tertiary/aromatic N) is 3. The van der Waals surface area contributed by atoms with Gasteiger partial charge < -0.3 is 19.8 Å². The minimum absolute atomic E-state index is 0.248. The van der Waals surface area contributed by atoms with E-state index in [2.05, 4.69) is 20.4 Å². The van der Waals surface area contributed by atoms with Crippen LogP contribution in [0.2, 0.25) is 0 Å². The van der Waals surface area contributed by atoms with Gasteiger partial charge in [0.1, 0.15) is 11.5 Å². The molecule has 142 valence electrons. The van der Waals surface area contributed by atoms with Crippen LogP contribution in [0.3, 0.4) is 0 Å². The maximum absolute atomic E-state index is 12.4. The summed E-state index contributed by atoms with van der Waals surface area (Å²) in [5.74, 6) is 2.24. The van der Waals surface area contributed by atoms with Crippen molar-refractivity contribution in [2.24, 2.45) is 0 Å². The number of hydrogen-bond acceptors (Lipinski definition) is 6. The standard InChI is InChI=1S/C20H19N5O3/c1-27-15-8-9-16(17(11-15)28-2)21-12-14-10-18(26)25-20(22-14)23-19(24-25)13-6-4-3-5-7-13/h3-11,21H,12H2,1-2H3,(H,22,23,24). The number of hydrogen-bond donors (Lipinski definition) is 2. The van der Waals surface area contributed by atoms with E-state index in [4.69, 9.17) is 9.47 Å². The van der Waals surface area contributed by atoms with E-state index in [9.17, 15) is 4.79 Å². The van der Waals surface area contributed by atoms with Crippen molar-refractivity contribution in [1.82, 2.24) is 19.6 Å². The topological polar surface area (TPSA) is 93.5 Å². The molecule has 0 aliphatic heterocycles. The van der Waals surface area contributed by atoms with Gasteiger partial charge >= 0.3 is 0 Å². The molecule has 0 fully saturated rings. The van der Waals surface area contributed by atoms with E-state index < -0.39 is 0 Å². The van der Waals surface area contributed by atoms with Crippen molar-refractivity contribution >= 4 is 11.5 Å². The van der Waals surface area contributed by atoms with Gasteiger partial charge in [-0.15, -0.1) is 5.10 Å². The highest BCUT2D eigenvalue weighted by atomic mass is 16.5. The predicted molar refractivity (Wildman–Crippen MR) is 106 cm³/mol. The smallest absolute Gasteiger partial charge is 0.275 e. The second-order valence-electron chi connectivity index (χ2n) is 6.09. The molecule has 0 saturated heterocycles. The molecular formula is C20H19N5O3. The van der Waals surface area contributed by atoms with Gasteiger partial charge in [0.25, 0.3) is 5.56 Å². The highest BCUT2D eigenvalue weighted by Gasteiger charge is 2.11. The molecule has 2 aromatic carbocycles. The molecule has 4 aromatic rings. The van der Waals surface area contributed by atoms with E-state index in [1.165, 1.54) is 10.6 Å². The van der Waals surface area contributed by atoms with Crippen molar-refractivity contribution < 1.29 is 9.47 Å². The molecule has 0 saturated carbocycles. The molecule has 0 atom stereocenters. The Labute approximate surface area is 160 Å². The van der Waals surface area contributed by atoms with E-state index in [1.54, 1.807) is 20.3 Å². The Hall–Kier alpha value is -3.81. The van der Waals surface area contributed by atoms with Crippen LogP contribution in [0.1, 0.15) is 5.69 Å². The first kappa shape index (κ1) is 17.6. The average Bonchev–Trinajstić information content (AvgIpc) is 3.17. The number of aromatic nitrogens is 4. The number of rotatable bonds is 6. The van der Waals surface area contributed by atoms with Crippen LogP contribution in [0.15, 0.2) is 59.4 Å². The summed E-state index contributed by atoms with van der Waals surface area (Å²) in [6.45, 7) is 0.391. The first-order chi connectivity index (χ1) is 13.7. The molecule has 0 unspecified atom stereocenters. The fourth-order valence-corrected chi connectivity index (χ4v) is 2.88. The fraction of sp³-hybridized carbons (Fsp3) is 0.150. The maximum Gasteiger partial charge on any atom is 0.275 e. The summed E-state index contributed by atoms with van der Waals surface area (Å²) in [6.07, 6.45) is 0. The van der Waals surface area contributed by atoms with Crippen LogP contribution in [-0.4, -0.2) is 33.8 Å². The third kappa shape index (κ3) is 3.39. The van der Waals surface area contributed by atoms with E-state index >= 15 is 0 Å². The zero-order chi connectivity index (χ0) is 19.5. The molecule has 4 rings (SSSR count). The summed E-state index contributed by atoms with van der Waals surface area (Å²) < 4.78 is 11.8. The lowest BCUT2D eigenvalue weighted by Crippen LogP contribution is -2.17. The molecule has 0 bridgehead atoms. The number of ether oxygens (including phenoxy) is 2. The third-order valence-electron chi connectivity index (χ3n) is 4.30. The molecule has 2 N–H and O–H groups in total. The SMILES string of the molecule is COc1ccc(NCc2cc(=O)n3nc(-c4ccccc4)nc3[nH]2)c(OC)c1. The van der Waals surface area contributed by atoms with Gasteiger partial charge in [-0.2, -0.15) is 9.50 Å². The van der Waals surface area contributed by atoms with Crippen LogP contribution in [0.4, 0.5) is 5.69 Å². The van der Waals surface area contributed by atoms with Gasteiger partial charge in [-0.3, -0.25) is 4.79 Å². The third-order valence-corrected chi connectivity index (χ3v) is 4.30. The van der Waals surface area contributed by atoms with Gasteiger partial charge in [0, 0.05) is 23.4 Å². The predicted octanol–water partition coefficient (Wildman–Crippen LogP) is 2.71. The average molecular weight is 377 g/mol. The van der Waals surface area contributed by atoms with Crippen LogP contribution >= 0.6 is 0 Å². The lowest BCUT2D eigenvalue weighted by Gasteiger charge is -2.12. The van der Waals surface area contributed by atoms with Crippen molar-refractivity contribution in [2.45, 2.75) is 6.54 Å².